The average Bonchev–Trinajstić information content (AvgIpc) is 2.95. The van der Waals surface area contributed by atoms with Gasteiger partial charge in [0.15, 0.2) is 0 Å². The van der Waals surface area contributed by atoms with E-state index in [1.165, 1.54) is 28.1 Å². The maximum absolute atomic E-state index is 6.37. The van der Waals surface area contributed by atoms with Crippen LogP contribution in [0.3, 0.4) is 0 Å². The SMILES string of the molecule is CCOc1ccccc1N1CCN(c2ccccc2OCCc2ccccc2-c2ccccc2)CC1. The van der Waals surface area contributed by atoms with Crippen LogP contribution >= 0.6 is 0 Å². The number of nitrogens with zero attached hydrogens (tertiary/aromatic N) is 2. The maximum Gasteiger partial charge on any atom is 0.142 e. The predicted octanol–water partition coefficient (Wildman–Crippen LogP) is 6.70. The van der Waals surface area contributed by atoms with Gasteiger partial charge in [0.25, 0.3) is 0 Å². The second-order valence-corrected chi connectivity index (χ2v) is 8.96. The second kappa shape index (κ2) is 11.7. The van der Waals surface area contributed by atoms with E-state index < -0.39 is 0 Å². The first-order valence-corrected chi connectivity index (χ1v) is 12.9. The molecule has 1 aliphatic rings. The fraction of sp³-hybridized carbons (Fsp3) is 0.250. The molecule has 0 aliphatic carbocycles. The van der Waals surface area contributed by atoms with Gasteiger partial charge in [-0.1, -0.05) is 78.9 Å². The van der Waals surface area contributed by atoms with Gasteiger partial charge in [-0.15, -0.1) is 0 Å². The highest BCUT2D eigenvalue weighted by molar-refractivity contribution is 5.67. The van der Waals surface area contributed by atoms with E-state index in [9.17, 15) is 0 Å². The molecular formula is C32H34N2O2. The molecule has 0 aromatic heterocycles. The first-order chi connectivity index (χ1) is 17.8. The standard InChI is InChI=1S/C32H34N2O2/c1-2-35-31-18-10-8-16-29(31)33-21-23-34(24-22-33)30-17-9-11-19-32(30)36-25-20-27-14-6-7-15-28(27)26-12-4-3-5-13-26/h3-19H,2,20-25H2,1H3. The summed E-state index contributed by atoms with van der Waals surface area (Å²) in [5.41, 5.74) is 6.19. The van der Waals surface area contributed by atoms with Gasteiger partial charge in [-0.25, -0.2) is 0 Å². The van der Waals surface area contributed by atoms with Crippen LogP contribution in [0.5, 0.6) is 11.5 Å². The summed E-state index contributed by atoms with van der Waals surface area (Å²) in [5.74, 6) is 1.92. The monoisotopic (exact) mass is 478 g/mol. The van der Waals surface area contributed by atoms with Crippen molar-refractivity contribution in [3.63, 3.8) is 0 Å². The molecule has 5 rings (SSSR count). The Bertz CT molecular complexity index is 1250. The molecule has 36 heavy (non-hydrogen) atoms. The number of hydrogen-bond acceptors (Lipinski definition) is 4. The van der Waals surface area contributed by atoms with E-state index >= 15 is 0 Å². The van der Waals surface area contributed by atoms with E-state index in [1.807, 2.05) is 13.0 Å². The molecule has 0 unspecified atom stereocenters. The molecule has 0 radical (unpaired) electrons. The Labute approximate surface area is 214 Å². The molecule has 4 aromatic rings. The van der Waals surface area contributed by atoms with E-state index in [2.05, 4.69) is 107 Å². The molecule has 0 saturated carbocycles. The van der Waals surface area contributed by atoms with Gasteiger partial charge >= 0.3 is 0 Å². The van der Waals surface area contributed by atoms with E-state index in [0.29, 0.717) is 13.2 Å². The van der Waals surface area contributed by atoms with Crippen molar-refractivity contribution in [2.45, 2.75) is 13.3 Å². The van der Waals surface area contributed by atoms with Crippen LogP contribution in [-0.4, -0.2) is 39.4 Å². The zero-order chi connectivity index (χ0) is 24.6. The summed E-state index contributed by atoms with van der Waals surface area (Å²) >= 11 is 0. The third-order valence-corrected chi connectivity index (χ3v) is 6.72. The molecule has 1 fully saturated rings. The van der Waals surface area contributed by atoms with Crippen LogP contribution in [0.2, 0.25) is 0 Å². The van der Waals surface area contributed by atoms with Gasteiger partial charge in [-0.05, 0) is 47.9 Å². The quantitative estimate of drug-likeness (QED) is 0.267. The van der Waals surface area contributed by atoms with Crippen LogP contribution in [0.1, 0.15) is 12.5 Å². The zero-order valence-electron chi connectivity index (χ0n) is 21.0. The highest BCUT2D eigenvalue weighted by Crippen LogP contribution is 2.33. The van der Waals surface area contributed by atoms with Crippen LogP contribution in [-0.2, 0) is 6.42 Å². The summed E-state index contributed by atoms with van der Waals surface area (Å²) < 4.78 is 12.2. The molecule has 1 aliphatic heterocycles. The van der Waals surface area contributed by atoms with Crippen LogP contribution in [0.4, 0.5) is 11.4 Å². The third-order valence-electron chi connectivity index (χ3n) is 6.72. The van der Waals surface area contributed by atoms with Crippen molar-refractivity contribution in [1.82, 2.24) is 0 Å². The third kappa shape index (κ3) is 5.49. The Morgan fingerprint density at radius 1 is 0.583 bits per heavy atom. The number of anilines is 2. The Balaban J connectivity index is 1.23. The van der Waals surface area contributed by atoms with Crippen LogP contribution in [0.25, 0.3) is 11.1 Å². The smallest absolute Gasteiger partial charge is 0.142 e. The molecule has 0 N–H and O–H groups in total. The summed E-state index contributed by atoms with van der Waals surface area (Å²) in [7, 11) is 0. The normalized spacial score (nSPS) is 13.5. The number of ether oxygens (including phenoxy) is 2. The van der Waals surface area contributed by atoms with Gasteiger partial charge in [-0.2, -0.15) is 0 Å². The summed E-state index contributed by atoms with van der Waals surface area (Å²) in [6.07, 6.45) is 0.862. The maximum atomic E-state index is 6.37. The first-order valence-electron chi connectivity index (χ1n) is 12.9. The van der Waals surface area contributed by atoms with Gasteiger partial charge in [-0.3, -0.25) is 0 Å². The molecule has 0 amide bonds. The molecule has 0 bridgehead atoms. The molecule has 1 saturated heterocycles. The van der Waals surface area contributed by atoms with Crippen molar-refractivity contribution in [1.29, 1.82) is 0 Å². The molecule has 1 heterocycles. The number of piperazine rings is 1. The topological polar surface area (TPSA) is 24.9 Å². The molecule has 184 valence electrons. The van der Waals surface area contributed by atoms with Crippen LogP contribution < -0.4 is 19.3 Å². The Hall–Kier alpha value is -3.92. The van der Waals surface area contributed by atoms with Gasteiger partial charge in [0.2, 0.25) is 0 Å². The lowest BCUT2D eigenvalue weighted by Gasteiger charge is -2.38. The minimum atomic E-state index is 0.641. The molecule has 4 heteroatoms. The highest BCUT2D eigenvalue weighted by Gasteiger charge is 2.22. The average molecular weight is 479 g/mol. The lowest BCUT2D eigenvalue weighted by Crippen LogP contribution is -2.46. The lowest BCUT2D eigenvalue weighted by atomic mass is 9.98. The molecular weight excluding hydrogens is 444 g/mol. The van der Waals surface area contributed by atoms with E-state index in [4.69, 9.17) is 9.47 Å². The Morgan fingerprint density at radius 3 is 1.75 bits per heavy atom. The van der Waals surface area contributed by atoms with Crippen molar-refractivity contribution in [2.24, 2.45) is 0 Å². The minimum Gasteiger partial charge on any atom is -0.492 e. The minimum absolute atomic E-state index is 0.641. The molecule has 0 spiro atoms. The van der Waals surface area contributed by atoms with Crippen molar-refractivity contribution in [2.75, 3.05) is 49.2 Å². The summed E-state index contributed by atoms with van der Waals surface area (Å²) in [6, 6.07) is 36.0. The first kappa shape index (κ1) is 23.8. The van der Waals surface area contributed by atoms with E-state index in [1.54, 1.807) is 0 Å². The van der Waals surface area contributed by atoms with Crippen molar-refractivity contribution in [3.8, 4) is 22.6 Å². The highest BCUT2D eigenvalue weighted by atomic mass is 16.5. The van der Waals surface area contributed by atoms with Crippen LogP contribution in [0.15, 0.2) is 103 Å². The van der Waals surface area contributed by atoms with Gasteiger partial charge < -0.3 is 19.3 Å². The molecule has 4 nitrogen and oxygen atoms in total. The van der Waals surface area contributed by atoms with Crippen molar-refractivity contribution in [3.05, 3.63) is 109 Å². The zero-order valence-corrected chi connectivity index (χ0v) is 21.0. The van der Waals surface area contributed by atoms with Crippen LogP contribution in [0, 0.1) is 0 Å². The summed E-state index contributed by atoms with van der Waals surface area (Å²) in [6.45, 7) is 7.13. The summed E-state index contributed by atoms with van der Waals surface area (Å²) in [4.78, 5) is 4.86. The fourth-order valence-electron chi connectivity index (χ4n) is 4.93. The Kier molecular flexibility index (Phi) is 7.72. The van der Waals surface area contributed by atoms with Gasteiger partial charge in [0, 0.05) is 32.6 Å². The predicted molar refractivity (Wildman–Crippen MR) is 150 cm³/mol. The largest absolute Gasteiger partial charge is 0.492 e. The van der Waals surface area contributed by atoms with Crippen molar-refractivity contribution >= 4 is 11.4 Å². The molecule has 4 aromatic carbocycles. The Morgan fingerprint density at radius 2 is 1.11 bits per heavy atom. The van der Waals surface area contributed by atoms with Crippen molar-refractivity contribution < 1.29 is 9.47 Å². The van der Waals surface area contributed by atoms with Gasteiger partial charge in [0.1, 0.15) is 11.5 Å². The number of hydrogen-bond donors (Lipinski definition) is 0. The molecule has 0 atom stereocenters. The van der Waals surface area contributed by atoms with E-state index in [-0.39, 0.29) is 0 Å². The number of rotatable bonds is 9. The number of para-hydroxylation sites is 4. The van der Waals surface area contributed by atoms with E-state index in [0.717, 1.165) is 44.1 Å². The lowest BCUT2D eigenvalue weighted by molar-refractivity contribution is 0.322. The second-order valence-electron chi connectivity index (χ2n) is 8.96. The fourth-order valence-corrected chi connectivity index (χ4v) is 4.93. The van der Waals surface area contributed by atoms with Gasteiger partial charge in [0.05, 0.1) is 24.6 Å². The summed E-state index contributed by atoms with van der Waals surface area (Å²) in [5, 5.41) is 0. The number of benzene rings is 4.